The number of carbonyl (C=O) groups is 1. The zero-order chi connectivity index (χ0) is 24.0. The van der Waals surface area contributed by atoms with Crippen molar-refractivity contribution in [3.05, 3.63) is 59.2 Å². The average Bonchev–Trinajstić information content (AvgIpc) is 3.21. The molecular weight excluding hydrogens is 450 g/mol. The van der Waals surface area contributed by atoms with E-state index in [9.17, 15) is 13.2 Å². The molecular formula is C26H35N3O4S. The van der Waals surface area contributed by atoms with Crippen molar-refractivity contribution >= 4 is 15.9 Å². The third-order valence-electron chi connectivity index (χ3n) is 6.77. The van der Waals surface area contributed by atoms with Crippen LogP contribution in [0.4, 0.5) is 0 Å². The summed E-state index contributed by atoms with van der Waals surface area (Å²) in [7, 11) is -2.31. The molecule has 0 saturated carbocycles. The van der Waals surface area contributed by atoms with Gasteiger partial charge in [-0.15, -0.1) is 0 Å². The maximum atomic E-state index is 13.2. The van der Waals surface area contributed by atoms with E-state index in [0.717, 1.165) is 56.4 Å². The molecule has 0 atom stereocenters. The van der Waals surface area contributed by atoms with Crippen molar-refractivity contribution in [3.8, 4) is 5.75 Å². The number of hydrogen-bond donors (Lipinski definition) is 1. The summed E-state index contributed by atoms with van der Waals surface area (Å²) >= 11 is 0. The lowest BCUT2D eigenvalue weighted by Crippen LogP contribution is -2.32. The first-order valence-corrected chi connectivity index (χ1v) is 13.7. The maximum Gasteiger partial charge on any atom is 0.257 e. The Labute approximate surface area is 203 Å². The van der Waals surface area contributed by atoms with E-state index in [-0.39, 0.29) is 17.3 Å². The van der Waals surface area contributed by atoms with Gasteiger partial charge in [0, 0.05) is 26.2 Å². The fourth-order valence-corrected chi connectivity index (χ4v) is 5.82. The maximum absolute atomic E-state index is 13.2. The van der Waals surface area contributed by atoms with Gasteiger partial charge in [0.2, 0.25) is 10.0 Å². The lowest BCUT2D eigenvalue weighted by Gasteiger charge is -2.22. The Kier molecular flexibility index (Phi) is 8.24. The van der Waals surface area contributed by atoms with Gasteiger partial charge in [-0.3, -0.25) is 9.69 Å². The summed E-state index contributed by atoms with van der Waals surface area (Å²) in [5, 5.41) is 0. The van der Waals surface area contributed by atoms with Crippen LogP contribution in [-0.4, -0.2) is 57.4 Å². The smallest absolute Gasteiger partial charge is 0.257 e. The second-order valence-electron chi connectivity index (χ2n) is 9.15. The van der Waals surface area contributed by atoms with Gasteiger partial charge < -0.3 is 9.64 Å². The molecule has 0 spiro atoms. The molecule has 1 amide bonds. The largest absolute Gasteiger partial charge is 0.496 e. The number of likely N-dealkylation sites (tertiary alicyclic amines) is 2. The Hall–Kier alpha value is -2.42. The molecule has 34 heavy (non-hydrogen) atoms. The second-order valence-corrected chi connectivity index (χ2v) is 10.9. The Morgan fingerprint density at radius 2 is 1.56 bits per heavy atom. The fraction of sp³-hybridized carbons (Fsp3) is 0.500. The van der Waals surface area contributed by atoms with Crippen LogP contribution in [0.25, 0.3) is 0 Å². The summed E-state index contributed by atoms with van der Waals surface area (Å²) < 4.78 is 34.5. The third-order valence-corrected chi connectivity index (χ3v) is 8.17. The first kappa shape index (κ1) is 24.7. The second kappa shape index (κ2) is 11.3. The molecule has 2 heterocycles. The third kappa shape index (κ3) is 5.98. The van der Waals surface area contributed by atoms with Gasteiger partial charge in [-0.2, -0.15) is 0 Å². The molecule has 2 fully saturated rings. The molecule has 0 aromatic heterocycles. The van der Waals surface area contributed by atoms with Crippen molar-refractivity contribution in [2.75, 3.05) is 33.3 Å². The highest BCUT2D eigenvalue weighted by atomic mass is 32.2. The number of sulfonamides is 1. The molecule has 0 bridgehead atoms. The Morgan fingerprint density at radius 3 is 2.24 bits per heavy atom. The highest BCUT2D eigenvalue weighted by Gasteiger charge is 2.24. The van der Waals surface area contributed by atoms with E-state index in [1.54, 1.807) is 6.07 Å². The predicted molar refractivity (Wildman–Crippen MR) is 132 cm³/mol. The summed E-state index contributed by atoms with van der Waals surface area (Å²) in [4.78, 5) is 17.5. The van der Waals surface area contributed by atoms with E-state index in [1.807, 2.05) is 23.1 Å². The van der Waals surface area contributed by atoms with Crippen molar-refractivity contribution < 1.29 is 17.9 Å². The number of benzene rings is 2. The fourth-order valence-electron chi connectivity index (χ4n) is 4.79. The predicted octanol–water partition coefficient (Wildman–Crippen LogP) is 3.79. The first-order valence-electron chi connectivity index (χ1n) is 12.2. The van der Waals surface area contributed by atoms with Gasteiger partial charge >= 0.3 is 0 Å². The van der Waals surface area contributed by atoms with E-state index >= 15 is 0 Å². The molecule has 2 aliphatic heterocycles. The lowest BCUT2D eigenvalue weighted by molar-refractivity contribution is 0.0758. The number of nitrogens with zero attached hydrogens (tertiary/aromatic N) is 2. The number of carbonyl (C=O) groups excluding carboxylic acids is 1. The van der Waals surface area contributed by atoms with Gasteiger partial charge in [0.05, 0.1) is 17.6 Å². The molecule has 4 rings (SSSR count). The molecule has 2 aromatic carbocycles. The molecule has 8 heteroatoms. The zero-order valence-corrected chi connectivity index (χ0v) is 20.8. The van der Waals surface area contributed by atoms with Gasteiger partial charge in [-0.25, -0.2) is 13.1 Å². The number of nitrogens with one attached hydrogen (secondary N) is 1. The summed E-state index contributed by atoms with van der Waals surface area (Å²) in [5.74, 6) is 0.218. The first-order chi connectivity index (χ1) is 16.5. The SMILES string of the molecule is COc1ccc(S(=O)(=O)NCc2ccccc2CN2CCCC2)cc1C(=O)N1CCCCCC1. The van der Waals surface area contributed by atoms with Crippen LogP contribution in [0.3, 0.4) is 0 Å². The van der Waals surface area contributed by atoms with Crippen molar-refractivity contribution in [3.63, 3.8) is 0 Å². The summed E-state index contributed by atoms with van der Waals surface area (Å²) in [6.07, 6.45) is 6.57. The molecule has 2 saturated heterocycles. The summed E-state index contributed by atoms with van der Waals surface area (Å²) in [6, 6.07) is 12.5. The van der Waals surface area contributed by atoms with Crippen LogP contribution in [0.1, 0.15) is 60.0 Å². The summed E-state index contributed by atoms with van der Waals surface area (Å²) in [5.41, 5.74) is 2.40. The number of amides is 1. The van der Waals surface area contributed by atoms with Crippen LogP contribution >= 0.6 is 0 Å². The average molecular weight is 486 g/mol. The van der Waals surface area contributed by atoms with E-state index in [4.69, 9.17) is 4.74 Å². The van der Waals surface area contributed by atoms with Crippen molar-refractivity contribution in [2.24, 2.45) is 0 Å². The van der Waals surface area contributed by atoms with Crippen molar-refractivity contribution in [2.45, 2.75) is 56.5 Å². The quantitative estimate of drug-likeness (QED) is 0.616. The van der Waals surface area contributed by atoms with Crippen LogP contribution in [0, 0.1) is 0 Å². The minimum Gasteiger partial charge on any atom is -0.496 e. The Morgan fingerprint density at radius 1 is 0.912 bits per heavy atom. The standard InChI is InChI=1S/C26H35N3O4S/c1-33-25-13-12-23(18-24(25)26(30)29-16-6-2-3-7-17-29)34(31,32)27-19-21-10-4-5-11-22(21)20-28-14-8-9-15-28/h4-5,10-13,18,27H,2-3,6-9,14-17,19-20H2,1H3. The highest BCUT2D eigenvalue weighted by Crippen LogP contribution is 2.26. The normalized spacial score (nSPS) is 17.5. The molecule has 0 radical (unpaired) electrons. The number of methoxy groups -OCH3 is 1. The topological polar surface area (TPSA) is 79.0 Å². The van der Waals surface area contributed by atoms with Crippen LogP contribution in [0.15, 0.2) is 47.4 Å². The van der Waals surface area contributed by atoms with Crippen molar-refractivity contribution in [1.82, 2.24) is 14.5 Å². The van der Waals surface area contributed by atoms with E-state index in [2.05, 4.69) is 15.7 Å². The minimum atomic E-state index is -3.81. The highest BCUT2D eigenvalue weighted by molar-refractivity contribution is 7.89. The Bertz CT molecular complexity index is 1090. The minimum absolute atomic E-state index is 0.0727. The molecule has 184 valence electrons. The summed E-state index contributed by atoms with van der Waals surface area (Å²) in [6.45, 7) is 4.57. The number of ether oxygens (including phenoxy) is 1. The van der Waals surface area contributed by atoms with E-state index in [0.29, 0.717) is 24.4 Å². The van der Waals surface area contributed by atoms with Crippen LogP contribution in [0.2, 0.25) is 0 Å². The van der Waals surface area contributed by atoms with E-state index in [1.165, 1.54) is 32.1 Å². The molecule has 2 aromatic rings. The number of rotatable bonds is 8. The van der Waals surface area contributed by atoms with Gasteiger partial charge in [-0.1, -0.05) is 37.1 Å². The number of hydrogen-bond acceptors (Lipinski definition) is 5. The van der Waals surface area contributed by atoms with Crippen LogP contribution in [-0.2, 0) is 23.1 Å². The molecule has 0 unspecified atom stereocenters. The zero-order valence-electron chi connectivity index (χ0n) is 20.0. The van der Waals surface area contributed by atoms with E-state index < -0.39 is 10.0 Å². The van der Waals surface area contributed by atoms with Gasteiger partial charge in [0.25, 0.3) is 5.91 Å². The van der Waals surface area contributed by atoms with Gasteiger partial charge in [-0.05, 0) is 68.1 Å². The molecule has 2 aliphatic rings. The van der Waals surface area contributed by atoms with Gasteiger partial charge in [0.15, 0.2) is 0 Å². The van der Waals surface area contributed by atoms with Crippen molar-refractivity contribution in [1.29, 1.82) is 0 Å². The lowest BCUT2D eigenvalue weighted by atomic mass is 10.1. The monoisotopic (exact) mass is 485 g/mol. The van der Waals surface area contributed by atoms with Gasteiger partial charge in [0.1, 0.15) is 5.75 Å². The molecule has 0 aliphatic carbocycles. The Balaban J connectivity index is 1.51. The molecule has 1 N–H and O–H groups in total. The van der Waals surface area contributed by atoms with Crippen LogP contribution in [0.5, 0.6) is 5.75 Å². The molecule has 7 nitrogen and oxygen atoms in total. The van der Waals surface area contributed by atoms with Crippen LogP contribution < -0.4 is 9.46 Å².